The van der Waals surface area contributed by atoms with Crippen LogP contribution in [0.15, 0.2) is 58.7 Å². The van der Waals surface area contributed by atoms with Crippen LogP contribution in [0.25, 0.3) is 0 Å². The summed E-state index contributed by atoms with van der Waals surface area (Å²) in [5, 5.41) is 28.9. The predicted octanol–water partition coefficient (Wildman–Crippen LogP) is 2.17. The maximum absolute atomic E-state index is 11.5. The number of urea groups is 1. The molecule has 0 aliphatic carbocycles. The highest BCUT2D eigenvalue weighted by atomic mass is 16.6. The Balaban J connectivity index is 1.94. The fraction of sp³-hybridized carbons (Fsp3) is 0. The van der Waals surface area contributed by atoms with Crippen molar-refractivity contribution in [3.63, 3.8) is 0 Å². The van der Waals surface area contributed by atoms with Gasteiger partial charge in [0, 0.05) is 12.1 Å². The van der Waals surface area contributed by atoms with Crippen molar-refractivity contribution in [2.45, 2.75) is 0 Å². The third-order valence-electron chi connectivity index (χ3n) is 3.01. The molecular formula is C15H12N6O5. The monoisotopic (exact) mass is 356 g/mol. The van der Waals surface area contributed by atoms with Gasteiger partial charge in [-0.1, -0.05) is 24.3 Å². The molecule has 0 spiro atoms. The van der Waals surface area contributed by atoms with E-state index in [1.807, 2.05) is 0 Å². The lowest BCUT2D eigenvalue weighted by Gasteiger charge is -1.99. The van der Waals surface area contributed by atoms with Gasteiger partial charge in [-0.25, -0.2) is 15.6 Å². The highest BCUT2D eigenvalue weighted by molar-refractivity contribution is 5.87. The van der Waals surface area contributed by atoms with E-state index >= 15 is 0 Å². The van der Waals surface area contributed by atoms with Crippen LogP contribution in [0.3, 0.4) is 0 Å². The van der Waals surface area contributed by atoms with Crippen LogP contribution in [0.2, 0.25) is 0 Å². The lowest BCUT2D eigenvalue weighted by Crippen LogP contribution is -2.28. The van der Waals surface area contributed by atoms with Gasteiger partial charge in [0.05, 0.1) is 33.4 Å². The Morgan fingerprint density at radius 2 is 1.19 bits per heavy atom. The van der Waals surface area contributed by atoms with Gasteiger partial charge in [0.1, 0.15) is 0 Å². The van der Waals surface area contributed by atoms with E-state index in [4.69, 9.17) is 0 Å². The molecule has 132 valence electrons. The molecule has 0 atom stereocenters. The third kappa shape index (κ3) is 4.92. The zero-order valence-corrected chi connectivity index (χ0v) is 13.1. The molecule has 2 N–H and O–H groups in total. The lowest BCUT2D eigenvalue weighted by atomic mass is 10.2. The van der Waals surface area contributed by atoms with Crippen LogP contribution < -0.4 is 10.9 Å². The normalized spacial score (nSPS) is 10.8. The average Bonchev–Trinajstić information content (AvgIpc) is 2.62. The summed E-state index contributed by atoms with van der Waals surface area (Å²) in [6, 6.07) is 10.9. The van der Waals surface area contributed by atoms with E-state index in [9.17, 15) is 25.0 Å². The van der Waals surface area contributed by atoms with Gasteiger partial charge in [-0.05, 0) is 12.1 Å². The standard InChI is InChI=1S/C15H12N6O5/c22-15(18-16-9-11-5-1-3-7-13(11)20(23)24)19-17-10-12-6-2-4-8-14(12)21(25)26/h1-10H,(H2,18,19,22)/b16-9-,17-10-. The number of nitro benzene ring substituents is 2. The van der Waals surface area contributed by atoms with Crippen LogP contribution >= 0.6 is 0 Å². The molecule has 26 heavy (non-hydrogen) atoms. The Bertz CT molecular complexity index is 824. The molecule has 0 fully saturated rings. The molecule has 0 aliphatic heterocycles. The smallest absolute Gasteiger partial charge is 0.258 e. The Kier molecular flexibility index (Phi) is 6.04. The molecule has 2 aromatic carbocycles. The van der Waals surface area contributed by atoms with Gasteiger partial charge in [0.15, 0.2) is 0 Å². The van der Waals surface area contributed by atoms with Crippen molar-refractivity contribution < 1.29 is 14.6 Å². The molecular weight excluding hydrogens is 344 g/mol. The number of hydrazone groups is 2. The van der Waals surface area contributed by atoms with Gasteiger partial charge < -0.3 is 0 Å². The van der Waals surface area contributed by atoms with Crippen molar-refractivity contribution in [2.75, 3.05) is 0 Å². The Morgan fingerprint density at radius 3 is 1.58 bits per heavy atom. The van der Waals surface area contributed by atoms with Gasteiger partial charge >= 0.3 is 6.03 Å². The van der Waals surface area contributed by atoms with E-state index in [1.54, 1.807) is 12.1 Å². The number of nitrogens with zero attached hydrogens (tertiary/aromatic N) is 4. The number of carbonyl (C=O) groups excluding carboxylic acids is 1. The zero-order chi connectivity index (χ0) is 18.9. The molecule has 2 aromatic rings. The molecule has 11 heteroatoms. The molecule has 2 rings (SSSR count). The maximum atomic E-state index is 11.5. The summed E-state index contributed by atoms with van der Waals surface area (Å²) in [6.45, 7) is 0. The van der Waals surface area contributed by atoms with E-state index in [-0.39, 0.29) is 22.5 Å². The van der Waals surface area contributed by atoms with Gasteiger partial charge in [-0.3, -0.25) is 20.2 Å². The van der Waals surface area contributed by atoms with Gasteiger partial charge in [0.2, 0.25) is 0 Å². The van der Waals surface area contributed by atoms with E-state index in [1.165, 1.54) is 36.4 Å². The molecule has 0 radical (unpaired) electrons. The summed E-state index contributed by atoms with van der Waals surface area (Å²) in [5.41, 5.74) is 4.24. The number of nitrogens with one attached hydrogen (secondary N) is 2. The van der Waals surface area contributed by atoms with Crippen molar-refractivity contribution in [3.8, 4) is 0 Å². The van der Waals surface area contributed by atoms with Crippen molar-refractivity contribution in [3.05, 3.63) is 79.9 Å². The molecule has 0 saturated heterocycles. The highest BCUT2D eigenvalue weighted by Crippen LogP contribution is 2.15. The first kappa shape index (κ1) is 18.2. The van der Waals surface area contributed by atoms with Gasteiger partial charge in [-0.2, -0.15) is 10.2 Å². The Hall–Kier alpha value is -4.15. The number of benzene rings is 2. The maximum Gasteiger partial charge on any atom is 0.355 e. The lowest BCUT2D eigenvalue weighted by molar-refractivity contribution is -0.385. The first-order valence-electron chi connectivity index (χ1n) is 7.08. The molecule has 0 heterocycles. The minimum absolute atomic E-state index is 0.159. The van der Waals surface area contributed by atoms with Gasteiger partial charge in [-0.15, -0.1) is 0 Å². The number of amides is 2. The number of para-hydroxylation sites is 2. The molecule has 0 aliphatic rings. The predicted molar refractivity (Wildman–Crippen MR) is 93.0 cm³/mol. The third-order valence-corrected chi connectivity index (χ3v) is 3.01. The topological polar surface area (TPSA) is 152 Å². The van der Waals surface area contributed by atoms with Crippen molar-refractivity contribution >= 4 is 29.8 Å². The minimum Gasteiger partial charge on any atom is -0.258 e. The van der Waals surface area contributed by atoms with E-state index in [0.29, 0.717) is 0 Å². The molecule has 2 amide bonds. The van der Waals surface area contributed by atoms with E-state index in [0.717, 1.165) is 12.4 Å². The number of nitro groups is 2. The molecule has 11 nitrogen and oxygen atoms in total. The molecule has 0 saturated carbocycles. The van der Waals surface area contributed by atoms with Crippen LogP contribution in [0, 0.1) is 20.2 Å². The van der Waals surface area contributed by atoms with E-state index in [2.05, 4.69) is 21.1 Å². The van der Waals surface area contributed by atoms with Crippen molar-refractivity contribution in [1.82, 2.24) is 10.9 Å². The zero-order valence-electron chi connectivity index (χ0n) is 13.1. The number of hydrogen-bond acceptors (Lipinski definition) is 7. The summed E-state index contributed by atoms with van der Waals surface area (Å²) >= 11 is 0. The average molecular weight is 356 g/mol. The molecule has 0 bridgehead atoms. The SMILES string of the molecule is O=C(N/N=C\c1ccccc1[N+](=O)[O-])N/N=C\c1ccccc1[N+](=O)[O-]. The largest absolute Gasteiger partial charge is 0.355 e. The summed E-state index contributed by atoms with van der Waals surface area (Å²) in [5.74, 6) is 0. The van der Waals surface area contributed by atoms with Crippen LogP contribution in [-0.4, -0.2) is 28.3 Å². The van der Waals surface area contributed by atoms with E-state index < -0.39 is 15.9 Å². The second-order valence-corrected chi connectivity index (χ2v) is 4.70. The number of hydrogen-bond donors (Lipinski definition) is 2. The van der Waals surface area contributed by atoms with Crippen LogP contribution in [0.5, 0.6) is 0 Å². The summed E-state index contributed by atoms with van der Waals surface area (Å²) in [4.78, 5) is 32.1. The quantitative estimate of drug-likeness (QED) is 0.461. The fourth-order valence-electron chi connectivity index (χ4n) is 1.87. The molecule has 0 unspecified atom stereocenters. The Labute approximate surface area is 146 Å². The van der Waals surface area contributed by atoms with Crippen LogP contribution in [0.4, 0.5) is 16.2 Å². The number of carbonyl (C=O) groups is 1. The van der Waals surface area contributed by atoms with Gasteiger partial charge in [0.25, 0.3) is 11.4 Å². The van der Waals surface area contributed by atoms with Crippen molar-refractivity contribution in [1.29, 1.82) is 0 Å². The summed E-state index contributed by atoms with van der Waals surface area (Å²) in [6.07, 6.45) is 2.23. The fourth-order valence-corrected chi connectivity index (χ4v) is 1.87. The summed E-state index contributed by atoms with van der Waals surface area (Å²) in [7, 11) is 0. The minimum atomic E-state index is -0.824. The second kappa shape index (κ2) is 8.63. The van der Waals surface area contributed by atoms with Crippen LogP contribution in [0.1, 0.15) is 11.1 Å². The van der Waals surface area contributed by atoms with Crippen molar-refractivity contribution in [2.24, 2.45) is 10.2 Å². The Morgan fingerprint density at radius 1 is 0.808 bits per heavy atom. The first-order chi connectivity index (χ1) is 12.5. The molecule has 0 aromatic heterocycles. The number of rotatable bonds is 6. The van der Waals surface area contributed by atoms with Crippen LogP contribution in [-0.2, 0) is 0 Å². The first-order valence-corrected chi connectivity index (χ1v) is 7.08. The summed E-state index contributed by atoms with van der Waals surface area (Å²) < 4.78 is 0. The second-order valence-electron chi connectivity index (χ2n) is 4.70. The highest BCUT2D eigenvalue weighted by Gasteiger charge is 2.11.